The van der Waals surface area contributed by atoms with Crippen LogP contribution in [0.15, 0.2) is 24.3 Å². The van der Waals surface area contributed by atoms with Crippen molar-refractivity contribution >= 4 is 11.9 Å². The predicted molar refractivity (Wildman–Crippen MR) is 80.9 cm³/mol. The normalized spacial score (nSPS) is 22.2. The van der Waals surface area contributed by atoms with Crippen LogP contribution in [0.3, 0.4) is 0 Å². The summed E-state index contributed by atoms with van der Waals surface area (Å²) < 4.78 is 5.40. The highest BCUT2D eigenvalue weighted by Crippen LogP contribution is 2.36. The number of aliphatic carboxylic acids is 1. The van der Waals surface area contributed by atoms with Crippen molar-refractivity contribution in [3.8, 4) is 0 Å². The standard InChI is InChI=1S/C17H21NO4/c19-16(20)10-15-11-18(8-9-22-15)17(21)14-6-4-13(5-7-14)12-2-1-3-12/h4-7,12,15H,1-3,8-11H2,(H,19,20)/t15-/m1/s1. The Kier molecular flexibility index (Phi) is 4.43. The van der Waals surface area contributed by atoms with E-state index in [1.807, 2.05) is 24.3 Å². The SMILES string of the molecule is O=C(O)C[C@@H]1CN(C(=O)c2ccc(C3CCC3)cc2)CCO1. The number of ether oxygens (including phenoxy) is 1. The summed E-state index contributed by atoms with van der Waals surface area (Å²) in [5.74, 6) is -0.282. The number of carboxylic acids is 1. The molecular weight excluding hydrogens is 282 g/mol. The molecular formula is C17H21NO4. The van der Waals surface area contributed by atoms with Gasteiger partial charge in [-0.05, 0) is 36.5 Å². The van der Waals surface area contributed by atoms with Crippen molar-refractivity contribution in [2.45, 2.75) is 37.7 Å². The van der Waals surface area contributed by atoms with Crippen LogP contribution in [0.25, 0.3) is 0 Å². The van der Waals surface area contributed by atoms with Crippen molar-refractivity contribution in [2.24, 2.45) is 0 Å². The molecule has 1 aliphatic heterocycles. The first-order chi connectivity index (χ1) is 10.6. The fourth-order valence-electron chi connectivity index (χ4n) is 3.04. The Hall–Kier alpha value is -1.88. The van der Waals surface area contributed by atoms with Gasteiger partial charge in [-0.25, -0.2) is 0 Å². The van der Waals surface area contributed by atoms with E-state index in [0.717, 1.165) is 0 Å². The van der Waals surface area contributed by atoms with Crippen LogP contribution in [-0.2, 0) is 9.53 Å². The van der Waals surface area contributed by atoms with Gasteiger partial charge in [0.1, 0.15) is 0 Å². The van der Waals surface area contributed by atoms with Crippen LogP contribution < -0.4 is 0 Å². The van der Waals surface area contributed by atoms with Gasteiger partial charge in [-0.1, -0.05) is 18.6 Å². The van der Waals surface area contributed by atoms with Crippen molar-refractivity contribution in [1.82, 2.24) is 4.90 Å². The lowest BCUT2D eigenvalue weighted by molar-refractivity contribution is -0.141. The quantitative estimate of drug-likeness (QED) is 0.926. The largest absolute Gasteiger partial charge is 0.481 e. The van der Waals surface area contributed by atoms with Crippen LogP contribution in [0.5, 0.6) is 0 Å². The third kappa shape index (κ3) is 3.30. The van der Waals surface area contributed by atoms with Crippen molar-refractivity contribution < 1.29 is 19.4 Å². The Labute approximate surface area is 129 Å². The Morgan fingerprint density at radius 1 is 1.23 bits per heavy atom. The number of hydrogen-bond donors (Lipinski definition) is 1. The molecule has 0 bridgehead atoms. The number of morpholine rings is 1. The molecule has 5 heteroatoms. The average Bonchev–Trinajstić information content (AvgIpc) is 2.45. The van der Waals surface area contributed by atoms with Gasteiger partial charge in [0.05, 0.1) is 19.1 Å². The molecule has 0 unspecified atom stereocenters. The molecule has 3 rings (SSSR count). The number of nitrogens with zero attached hydrogens (tertiary/aromatic N) is 1. The molecule has 1 N–H and O–H groups in total. The molecule has 5 nitrogen and oxygen atoms in total. The third-order valence-corrected chi connectivity index (χ3v) is 4.56. The van der Waals surface area contributed by atoms with Crippen LogP contribution in [-0.4, -0.2) is 47.7 Å². The molecule has 118 valence electrons. The molecule has 1 saturated heterocycles. The van der Waals surface area contributed by atoms with E-state index in [0.29, 0.717) is 31.2 Å². The Morgan fingerprint density at radius 2 is 1.95 bits per heavy atom. The summed E-state index contributed by atoms with van der Waals surface area (Å²) in [7, 11) is 0. The smallest absolute Gasteiger partial charge is 0.306 e. The highest BCUT2D eigenvalue weighted by Gasteiger charge is 2.27. The maximum Gasteiger partial charge on any atom is 0.306 e. The maximum absolute atomic E-state index is 12.5. The maximum atomic E-state index is 12.5. The lowest BCUT2D eigenvalue weighted by Crippen LogP contribution is -2.46. The third-order valence-electron chi connectivity index (χ3n) is 4.56. The number of amides is 1. The Morgan fingerprint density at radius 3 is 2.55 bits per heavy atom. The minimum atomic E-state index is -0.899. The van der Waals surface area contributed by atoms with E-state index in [4.69, 9.17) is 9.84 Å². The van der Waals surface area contributed by atoms with E-state index in [-0.39, 0.29) is 12.3 Å². The molecule has 2 aliphatic rings. The van der Waals surface area contributed by atoms with Crippen LogP contribution in [0, 0.1) is 0 Å². The first-order valence-corrected chi connectivity index (χ1v) is 7.86. The summed E-state index contributed by atoms with van der Waals surface area (Å²) in [6, 6.07) is 7.87. The van der Waals surface area contributed by atoms with E-state index in [1.165, 1.54) is 24.8 Å². The second-order valence-corrected chi connectivity index (χ2v) is 6.09. The number of rotatable bonds is 4. The van der Waals surface area contributed by atoms with Crippen molar-refractivity contribution in [1.29, 1.82) is 0 Å². The van der Waals surface area contributed by atoms with E-state index < -0.39 is 12.1 Å². The summed E-state index contributed by atoms with van der Waals surface area (Å²) in [6.45, 7) is 1.25. The van der Waals surface area contributed by atoms with Crippen molar-refractivity contribution in [3.05, 3.63) is 35.4 Å². The monoisotopic (exact) mass is 303 g/mol. The average molecular weight is 303 g/mol. The van der Waals surface area contributed by atoms with Gasteiger partial charge in [0, 0.05) is 18.7 Å². The predicted octanol–water partition coefficient (Wildman–Crippen LogP) is 2.27. The van der Waals surface area contributed by atoms with Crippen LogP contribution in [0.2, 0.25) is 0 Å². The lowest BCUT2D eigenvalue weighted by atomic mass is 9.80. The molecule has 1 aliphatic carbocycles. The highest BCUT2D eigenvalue weighted by molar-refractivity contribution is 5.94. The van der Waals surface area contributed by atoms with Crippen molar-refractivity contribution in [2.75, 3.05) is 19.7 Å². The van der Waals surface area contributed by atoms with Crippen LogP contribution >= 0.6 is 0 Å². The molecule has 1 aromatic carbocycles. The van der Waals surface area contributed by atoms with Gasteiger partial charge < -0.3 is 14.7 Å². The van der Waals surface area contributed by atoms with Crippen molar-refractivity contribution in [3.63, 3.8) is 0 Å². The molecule has 1 aromatic rings. The van der Waals surface area contributed by atoms with Gasteiger partial charge in [-0.2, -0.15) is 0 Å². The fraction of sp³-hybridized carbons (Fsp3) is 0.529. The summed E-state index contributed by atoms with van der Waals surface area (Å²) >= 11 is 0. The number of hydrogen-bond acceptors (Lipinski definition) is 3. The van der Waals surface area contributed by atoms with Gasteiger partial charge >= 0.3 is 5.97 Å². The summed E-state index contributed by atoms with van der Waals surface area (Å²) in [4.78, 5) is 25.0. The molecule has 1 saturated carbocycles. The van der Waals surface area contributed by atoms with Gasteiger partial charge in [-0.3, -0.25) is 9.59 Å². The molecule has 0 radical (unpaired) electrons. The molecule has 2 fully saturated rings. The number of carboxylic acid groups (broad SMARTS) is 1. The van der Waals surface area contributed by atoms with Gasteiger partial charge in [0.25, 0.3) is 5.91 Å². The molecule has 0 spiro atoms. The number of carbonyl (C=O) groups excluding carboxylic acids is 1. The summed E-state index contributed by atoms with van der Waals surface area (Å²) in [5, 5.41) is 8.84. The zero-order chi connectivity index (χ0) is 15.5. The molecule has 1 amide bonds. The molecule has 0 aromatic heterocycles. The highest BCUT2D eigenvalue weighted by atomic mass is 16.5. The fourth-order valence-corrected chi connectivity index (χ4v) is 3.04. The van der Waals surface area contributed by atoms with E-state index >= 15 is 0 Å². The minimum Gasteiger partial charge on any atom is -0.481 e. The van der Waals surface area contributed by atoms with E-state index in [2.05, 4.69) is 0 Å². The topological polar surface area (TPSA) is 66.8 Å². The van der Waals surface area contributed by atoms with Gasteiger partial charge in [0.15, 0.2) is 0 Å². The second-order valence-electron chi connectivity index (χ2n) is 6.09. The Bertz CT molecular complexity index is 550. The zero-order valence-electron chi connectivity index (χ0n) is 12.5. The van der Waals surface area contributed by atoms with Crippen LogP contribution in [0.1, 0.15) is 47.5 Å². The zero-order valence-corrected chi connectivity index (χ0v) is 12.5. The summed E-state index contributed by atoms with van der Waals surface area (Å²) in [6.07, 6.45) is 3.31. The van der Waals surface area contributed by atoms with Crippen LogP contribution in [0.4, 0.5) is 0 Å². The molecule has 1 heterocycles. The number of benzene rings is 1. The van der Waals surface area contributed by atoms with E-state index in [1.54, 1.807) is 4.90 Å². The Balaban J connectivity index is 1.63. The summed E-state index contributed by atoms with van der Waals surface area (Å²) in [5.41, 5.74) is 1.98. The second kappa shape index (κ2) is 6.48. The first kappa shape index (κ1) is 15.0. The van der Waals surface area contributed by atoms with E-state index in [9.17, 15) is 9.59 Å². The first-order valence-electron chi connectivity index (χ1n) is 7.86. The molecule has 22 heavy (non-hydrogen) atoms. The lowest BCUT2D eigenvalue weighted by Gasteiger charge is -2.32. The number of carbonyl (C=O) groups is 2. The van der Waals surface area contributed by atoms with Gasteiger partial charge in [0.2, 0.25) is 0 Å². The molecule has 1 atom stereocenters. The minimum absolute atomic E-state index is 0.0427. The van der Waals surface area contributed by atoms with Gasteiger partial charge in [-0.15, -0.1) is 0 Å².